The molecule has 1 saturated heterocycles. The zero-order valence-corrected chi connectivity index (χ0v) is 16.8. The van der Waals surface area contributed by atoms with Crippen LogP contribution >= 0.6 is 0 Å². The minimum Gasteiger partial charge on any atom is -0.357 e. The third kappa shape index (κ3) is 3.69. The fourth-order valence-electron chi connectivity index (χ4n) is 4.04. The Hall–Kier alpha value is -3.30. The van der Waals surface area contributed by atoms with Crippen LogP contribution in [0.3, 0.4) is 0 Å². The standard InChI is InChI=1S/C23H25N5O/c1-3-12-26-15-17(2)27-16-22(29)25-28(27)23(26)13-18-8-10-19(11-9-18)21-7-5-4-6-20(21)14-24/h4-11,15,23H,3,12-13,16H2,1-2H3,(H,25,29). The van der Waals surface area contributed by atoms with Gasteiger partial charge in [0.05, 0.1) is 11.6 Å². The lowest BCUT2D eigenvalue weighted by Gasteiger charge is -2.45. The van der Waals surface area contributed by atoms with Crippen LogP contribution in [0.1, 0.15) is 31.4 Å². The number of benzene rings is 2. The number of hydrogen-bond donors (Lipinski definition) is 1. The zero-order chi connectivity index (χ0) is 20.4. The van der Waals surface area contributed by atoms with Crippen molar-refractivity contribution in [1.29, 1.82) is 5.26 Å². The Balaban J connectivity index is 1.59. The minimum atomic E-state index is 0.0181. The van der Waals surface area contributed by atoms with Gasteiger partial charge in [0.25, 0.3) is 5.91 Å². The molecule has 0 aliphatic carbocycles. The van der Waals surface area contributed by atoms with Crippen LogP contribution < -0.4 is 5.43 Å². The molecule has 29 heavy (non-hydrogen) atoms. The molecule has 2 aromatic carbocycles. The maximum Gasteiger partial charge on any atom is 0.257 e. The van der Waals surface area contributed by atoms with Gasteiger partial charge < -0.3 is 4.90 Å². The van der Waals surface area contributed by atoms with Crippen LogP contribution in [0.15, 0.2) is 60.4 Å². The van der Waals surface area contributed by atoms with Gasteiger partial charge >= 0.3 is 0 Å². The molecule has 1 atom stereocenters. The summed E-state index contributed by atoms with van der Waals surface area (Å²) in [5.74, 6) is 0.0181. The van der Waals surface area contributed by atoms with Crippen molar-refractivity contribution in [2.24, 2.45) is 0 Å². The molecule has 0 spiro atoms. The van der Waals surface area contributed by atoms with E-state index in [9.17, 15) is 10.1 Å². The molecule has 1 fully saturated rings. The maximum atomic E-state index is 12.0. The molecule has 6 nitrogen and oxygen atoms in total. The third-order valence-electron chi connectivity index (χ3n) is 5.43. The lowest BCUT2D eigenvalue weighted by Crippen LogP contribution is -2.59. The van der Waals surface area contributed by atoms with E-state index >= 15 is 0 Å². The van der Waals surface area contributed by atoms with Gasteiger partial charge in [0, 0.05) is 24.9 Å². The van der Waals surface area contributed by atoms with Gasteiger partial charge in [-0.2, -0.15) is 5.26 Å². The van der Waals surface area contributed by atoms with Crippen LogP contribution in [-0.4, -0.2) is 40.2 Å². The molecule has 1 unspecified atom stereocenters. The lowest BCUT2D eigenvalue weighted by atomic mass is 9.98. The van der Waals surface area contributed by atoms with E-state index < -0.39 is 0 Å². The SMILES string of the molecule is CCCN1C=C(C)N2CC(=O)NN2C1Cc1ccc(-c2ccccc2C#N)cc1. The highest BCUT2D eigenvalue weighted by Crippen LogP contribution is 2.28. The Morgan fingerprint density at radius 3 is 2.66 bits per heavy atom. The number of rotatable bonds is 5. The van der Waals surface area contributed by atoms with Gasteiger partial charge in [0.1, 0.15) is 12.7 Å². The molecule has 2 aliphatic heterocycles. The number of amides is 1. The summed E-state index contributed by atoms with van der Waals surface area (Å²) in [4.78, 5) is 14.3. The maximum absolute atomic E-state index is 12.0. The molecule has 2 aromatic rings. The van der Waals surface area contributed by atoms with Gasteiger partial charge in [-0.25, -0.2) is 0 Å². The molecule has 2 aliphatic rings. The van der Waals surface area contributed by atoms with E-state index in [4.69, 9.17) is 0 Å². The average Bonchev–Trinajstić information content (AvgIpc) is 3.14. The summed E-state index contributed by atoms with van der Waals surface area (Å²) in [5.41, 5.74) is 7.91. The first-order chi connectivity index (χ1) is 14.1. The molecule has 0 aromatic heterocycles. The van der Waals surface area contributed by atoms with Crippen LogP contribution in [0.2, 0.25) is 0 Å². The summed E-state index contributed by atoms with van der Waals surface area (Å²) in [7, 11) is 0. The monoisotopic (exact) mass is 387 g/mol. The lowest BCUT2D eigenvalue weighted by molar-refractivity contribution is -0.125. The van der Waals surface area contributed by atoms with Gasteiger partial charge in [-0.3, -0.25) is 15.2 Å². The quantitative estimate of drug-likeness (QED) is 0.853. The second-order valence-electron chi connectivity index (χ2n) is 7.48. The Morgan fingerprint density at radius 2 is 1.93 bits per heavy atom. The van der Waals surface area contributed by atoms with Crippen molar-refractivity contribution in [2.45, 2.75) is 32.9 Å². The molecule has 0 radical (unpaired) electrons. The van der Waals surface area contributed by atoms with Crippen LogP contribution in [0.25, 0.3) is 11.1 Å². The van der Waals surface area contributed by atoms with E-state index in [0.29, 0.717) is 12.1 Å². The topological polar surface area (TPSA) is 62.6 Å². The molecule has 2 heterocycles. The predicted molar refractivity (Wildman–Crippen MR) is 112 cm³/mol. The highest BCUT2D eigenvalue weighted by atomic mass is 16.2. The normalized spacial score (nSPS) is 18.9. The van der Waals surface area contributed by atoms with Gasteiger partial charge in [0.2, 0.25) is 0 Å². The summed E-state index contributed by atoms with van der Waals surface area (Å²) in [6.45, 7) is 5.49. The summed E-state index contributed by atoms with van der Waals surface area (Å²) in [5, 5.41) is 13.3. The fourth-order valence-corrected chi connectivity index (χ4v) is 4.04. The second kappa shape index (κ2) is 7.98. The van der Waals surface area contributed by atoms with Gasteiger partial charge in [0.15, 0.2) is 0 Å². The van der Waals surface area contributed by atoms with Gasteiger partial charge in [-0.15, -0.1) is 5.12 Å². The van der Waals surface area contributed by atoms with Crippen molar-refractivity contribution >= 4 is 5.91 Å². The van der Waals surface area contributed by atoms with E-state index in [1.807, 2.05) is 41.3 Å². The Morgan fingerprint density at radius 1 is 1.17 bits per heavy atom. The van der Waals surface area contributed by atoms with Gasteiger partial charge in [-0.1, -0.05) is 49.4 Å². The molecular weight excluding hydrogens is 362 g/mol. The fraction of sp³-hybridized carbons (Fsp3) is 0.304. The van der Waals surface area contributed by atoms with Crippen molar-refractivity contribution in [2.75, 3.05) is 13.1 Å². The van der Waals surface area contributed by atoms with E-state index in [2.05, 4.69) is 53.8 Å². The van der Waals surface area contributed by atoms with Crippen molar-refractivity contribution in [1.82, 2.24) is 20.5 Å². The molecule has 6 heteroatoms. The molecule has 1 N–H and O–H groups in total. The summed E-state index contributed by atoms with van der Waals surface area (Å²) in [6, 6.07) is 18.3. The molecule has 148 valence electrons. The first-order valence-electron chi connectivity index (χ1n) is 9.99. The van der Waals surface area contributed by atoms with E-state index in [-0.39, 0.29) is 12.1 Å². The van der Waals surface area contributed by atoms with Crippen molar-refractivity contribution in [3.05, 3.63) is 71.6 Å². The van der Waals surface area contributed by atoms with Gasteiger partial charge in [-0.05, 0) is 36.1 Å². The highest BCUT2D eigenvalue weighted by Gasteiger charge is 2.39. The number of fused-ring (bicyclic) bond motifs is 1. The summed E-state index contributed by atoms with van der Waals surface area (Å²) in [6.07, 6.45) is 4.00. The predicted octanol–water partition coefficient (Wildman–Crippen LogP) is 3.24. The van der Waals surface area contributed by atoms with Crippen LogP contribution in [-0.2, 0) is 11.2 Å². The summed E-state index contributed by atoms with van der Waals surface area (Å²) >= 11 is 0. The molecule has 4 rings (SSSR count). The number of nitrogens with zero attached hydrogens (tertiary/aromatic N) is 4. The molecular formula is C23H25N5O. The first kappa shape index (κ1) is 19.0. The number of nitriles is 1. The van der Waals surface area contributed by atoms with Crippen molar-refractivity contribution in [3.63, 3.8) is 0 Å². The van der Waals surface area contributed by atoms with Crippen molar-refractivity contribution in [3.8, 4) is 17.2 Å². The van der Waals surface area contributed by atoms with Crippen molar-refractivity contribution < 1.29 is 4.79 Å². The Labute approximate surface area is 171 Å². The minimum absolute atomic E-state index is 0.0181. The molecule has 0 saturated carbocycles. The largest absolute Gasteiger partial charge is 0.357 e. The van der Waals surface area contributed by atoms with Crippen LogP contribution in [0.5, 0.6) is 0 Å². The highest BCUT2D eigenvalue weighted by molar-refractivity contribution is 5.79. The van der Waals surface area contributed by atoms with E-state index in [1.54, 1.807) is 0 Å². The van der Waals surface area contributed by atoms with Crippen LogP contribution in [0.4, 0.5) is 0 Å². The average molecular weight is 387 g/mol. The second-order valence-corrected chi connectivity index (χ2v) is 7.48. The summed E-state index contributed by atoms with van der Waals surface area (Å²) < 4.78 is 0. The smallest absolute Gasteiger partial charge is 0.257 e. The number of carbonyl (C=O) groups is 1. The third-order valence-corrected chi connectivity index (χ3v) is 5.43. The number of allylic oxidation sites excluding steroid dienone is 1. The Kier molecular flexibility index (Phi) is 5.24. The number of hydrogen-bond acceptors (Lipinski definition) is 5. The first-order valence-corrected chi connectivity index (χ1v) is 9.99. The number of hydrazine groups is 2. The van der Waals surface area contributed by atoms with E-state index in [1.165, 1.54) is 5.56 Å². The molecule has 1 amide bonds. The van der Waals surface area contributed by atoms with E-state index in [0.717, 1.165) is 36.2 Å². The Bertz CT molecular complexity index is 976. The zero-order valence-electron chi connectivity index (χ0n) is 16.8. The number of nitrogens with one attached hydrogen (secondary N) is 1. The number of carbonyl (C=O) groups excluding carboxylic acids is 1. The molecule has 0 bridgehead atoms. The van der Waals surface area contributed by atoms with Crippen LogP contribution in [0, 0.1) is 11.3 Å².